The van der Waals surface area contributed by atoms with Crippen LogP contribution in [0.2, 0.25) is 0 Å². The van der Waals surface area contributed by atoms with E-state index in [1.54, 1.807) is 0 Å². The van der Waals surface area contributed by atoms with Crippen LogP contribution in [-0.2, 0) is 9.59 Å². The highest BCUT2D eigenvalue weighted by molar-refractivity contribution is 5.97. The molecule has 1 aliphatic rings. The normalized spacial score (nSPS) is 15.2. The fourth-order valence-electron chi connectivity index (χ4n) is 2.06. The number of aryl methyl sites for hydroxylation is 1. The number of hydrogen-bond donors (Lipinski definition) is 2. The molecule has 0 unspecified atom stereocenters. The molecule has 0 radical (unpaired) electrons. The van der Waals surface area contributed by atoms with Crippen LogP contribution in [0.15, 0.2) is 18.2 Å². The van der Waals surface area contributed by atoms with E-state index in [9.17, 15) is 9.59 Å². The smallest absolute Gasteiger partial charge is 0.229 e. The molecule has 1 fully saturated rings. The molecule has 4 nitrogen and oxygen atoms in total. The maximum atomic E-state index is 12.0. The number of rotatable bonds is 3. The molecule has 0 aromatic heterocycles. The van der Waals surface area contributed by atoms with Gasteiger partial charge in [0.25, 0.3) is 0 Å². The highest BCUT2D eigenvalue weighted by atomic mass is 16.2. The molecule has 1 aromatic rings. The molecule has 0 atom stereocenters. The molecular formula is C17H24N2O2. The minimum Gasteiger partial charge on any atom is -0.326 e. The third-order valence-electron chi connectivity index (χ3n) is 3.91. The zero-order valence-electron chi connectivity index (χ0n) is 13.2. The highest BCUT2D eigenvalue weighted by Gasteiger charge is 2.26. The van der Waals surface area contributed by atoms with Crippen LogP contribution in [0.5, 0.6) is 0 Å². The number of hydrogen-bond acceptors (Lipinski definition) is 2. The summed E-state index contributed by atoms with van der Waals surface area (Å²) < 4.78 is 0. The third-order valence-corrected chi connectivity index (χ3v) is 3.91. The molecule has 1 aromatic carbocycles. The lowest BCUT2D eigenvalue weighted by atomic mass is 9.85. The molecule has 21 heavy (non-hydrogen) atoms. The number of benzene rings is 1. The van der Waals surface area contributed by atoms with Gasteiger partial charge in [-0.2, -0.15) is 0 Å². The van der Waals surface area contributed by atoms with Crippen LogP contribution in [0.3, 0.4) is 0 Å². The fourth-order valence-corrected chi connectivity index (χ4v) is 2.06. The maximum absolute atomic E-state index is 12.0. The summed E-state index contributed by atoms with van der Waals surface area (Å²) in [6.07, 6.45) is 3.09. The predicted molar refractivity (Wildman–Crippen MR) is 85.2 cm³/mol. The van der Waals surface area contributed by atoms with E-state index in [1.165, 1.54) is 0 Å². The molecule has 0 saturated heterocycles. The number of amides is 2. The zero-order valence-corrected chi connectivity index (χ0v) is 13.2. The summed E-state index contributed by atoms with van der Waals surface area (Å²) in [4.78, 5) is 24.1. The van der Waals surface area contributed by atoms with Crippen molar-refractivity contribution < 1.29 is 9.59 Å². The van der Waals surface area contributed by atoms with Crippen LogP contribution in [0.25, 0.3) is 0 Å². The average Bonchev–Trinajstić information content (AvgIpc) is 2.29. The van der Waals surface area contributed by atoms with Gasteiger partial charge in [0.1, 0.15) is 0 Å². The Kier molecular flexibility index (Phi) is 4.35. The Hall–Kier alpha value is -1.84. The van der Waals surface area contributed by atoms with Crippen molar-refractivity contribution in [1.82, 2.24) is 0 Å². The molecule has 0 aliphatic heterocycles. The summed E-state index contributed by atoms with van der Waals surface area (Å²) in [5, 5.41) is 5.86. The number of carbonyl (C=O) groups excluding carboxylic acids is 2. The van der Waals surface area contributed by atoms with E-state index >= 15 is 0 Å². The lowest BCUT2D eigenvalue weighted by Crippen LogP contribution is -2.29. The van der Waals surface area contributed by atoms with Gasteiger partial charge in [-0.05, 0) is 37.5 Å². The standard InChI is InChI=1S/C17H24N2O2/c1-11-8-9-13(18-16(21)17(2,3)4)10-14(11)19-15(20)12-6-5-7-12/h8-10,12H,5-7H2,1-4H3,(H,18,21)(H,19,20). The number of nitrogens with one attached hydrogen (secondary N) is 2. The Labute approximate surface area is 126 Å². The van der Waals surface area contributed by atoms with Crippen molar-refractivity contribution in [2.75, 3.05) is 10.6 Å². The molecule has 4 heteroatoms. The lowest BCUT2D eigenvalue weighted by molar-refractivity contribution is -0.123. The second-order valence-electron chi connectivity index (χ2n) is 6.85. The molecule has 2 N–H and O–H groups in total. The largest absolute Gasteiger partial charge is 0.326 e. The van der Waals surface area contributed by atoms with Crippen molar-refractivity contribution in [3.8, 4) is 0 Å². The van der Waals surface area contributed by atoms with Gasteiger partial charge in [-0.15, -0.1) is 0 Å². The first kappa shape index (κ1) is 15.5. The molecule has 2 rings (SSSR count). The average molecular weight is 288 g/mol. The van der Waals surface area contributed by atoms with E-state index in [2.05, 4.69) is 10.6 Å². The van der Waals surface area contributed by atoms with Crippen LogP contribution in [0.1, 0.15) is 45.6 Å². The topological polar surface area (TPSA) is 58.2 Å². The summed E-state index contributed by atoms with van der Waals surface area (Å²) in [5.41, 5.74) is 2.04. The van der Waals surface area contributed by atoms with Gasteiger partial charge in [-0.1, -0.05) is 33.3 Å². The summed E-state index contributed by atoms with van der Waals surface area (Å²) >= 11 is 0. The quantitative estimate of drug-likeness (QED) is 0.890. The molecule has 114 valence electrons. The summed E-state index contributed by atoms with van der Waals surface area (Å²) in [6, 6.07) is 5.60. The van der Waals surface area contributed by atoms with Crippen LogP contribution in [0, 0.1) is 18.3 Å². The van der Waals surface area contributed by atoms with Crippen LogP contribution >= 0.6 is 0 Å². The fraction of sp³-hybridized carbons (Fsp3) is 0.529. The first-order chi connectivity index (χ1) is 9.77. The van der Waals surface area contributed by atoms with E-state index in [0.717, 1.165) is 30.5 Å². The van der Waals surface area contributed by atoms with Crippen LogP contribution in [-0.4, -0.2) is 11.8 Å². The first-order valence-corrected chi connectivity index (χ1v) is 7.50. The molecule has 2 amide bonds. The Morgan fingerprint density at radius 2 is 1.81 bits per heavy atom. The van der Waals surface area contributed by atoms with Gasteiger partial charge in [-0.25, -0.2) is 0 Å². The monoisotopic (exact) mass is 288 g/mol. The lowest BCUT2D eigenvalue weighted by Gasteiger charge is -2.24. The number of anilines is 2. The molecule has 0 heterocycles. The second kappa shape index (κ2) is 5.88. The van der Waals surface area contributed by atoms with Crippen molar-refractivity contribution >= 4 is 23.2 Å². The van der Waals surface area contributed by atoms with Gasteiger partial charge in [0.15, 0.2) is 0 Å². The zero-order chi connectivity index (χ0) is 15.6. The van der Waals surface area contributed by atoms with Gasteiger partial charge in [-0.3, -0.25) is 9.59 Å². The van der Waals surface area contributed by atoms with Crippen molar-refractivity contribution in [1.29, 1.82) is 0 Å². The molecule has 0 spiro atoms. The summed E-state index contributed by atoms with van der Waals surface area (Å²) in [5.74, 6) is 0.198. The van der Waals surface area contributed by atoms with E-state index in [0.29, 0.717) is 5.69 Å². The van der Waals surface area contributed by atoms with E-state index in [-0.39, 0.29) is 17.7 Å². The molecule has 1 saturated carbocycles. The van der Waals surface area contributed by atoms with Crippen LogP contribution < -0.4 is 10.6 Å². The Bertz CT molecular complexity index is 554. The molecular weight excluding hydrogens is 264 g/mol. The van der Waals surface area contributed by atoms with E-state index in [4.69, 9.17) is 0 Å². The van der Waals surface area contributed by atoms with Crippen molar-refractivity contribution in [2.45, 2.75) is 47.0 Å². The van der Waals surface area contributed by atoms with Gasteiger partial charge < -0.3 is 10.6 Å². The minimum absolute atomic E-state index is 0.0392. The van der Waals surface area contributed by atoms with Crippen LogP contribution in [0.4, 0.5) is 11.4 Å². The van der Waals surface area contributed by atoms with Gasteiger partial charge in [0.05, 0.1) is 0 Å². The predicted octanol–water partition coefficient (Wildman–Crippen LogP) is 3.72. The highest BCUT2D eigenvalue weighted by Crippen LogP contribution is 2.29. The summed E-state index contributed by atoms with van der Waals surface area (Å²) in [6.45, 7) is 7.56. The van der Waals surface area contributed by atoms with E-state index < -0.39 is 5.41 Å². The SMILES string of the molecule is Cc1ccc(NC(=O)C(C)(C)C)cc1NC(=O)C1CCC1. The van der Waals surface area contributed by atoms with Gasteiger partial charge in [0, 0.05) is 22.7 Å². The molecule has 1 aliphatic carbocycles. The molecule has 0 bridgehead atoms. The first-order valence-electron chi connectivity index (χ1n) is 7.50. The van der Waals surface area contributed by atoms with Crippen molar-refractivity contribution in [3.63, 3.8) is 0 Å². The van der Waals surface area contributed by atoms with Crippen molar-refractivity contribution in [2.24, 2.45) is 11.3 Å². The summed E-state index contributed by atoms with van der Waals surface area (Å²) in [7, 11) is 0. The number of carbonyl (C=O) groups is 2. The van der Waals surface area contributed by atoms with Gasteiger partial charge >= 0.3 is 0 Å². The minimum atomic E-state index is -0.444. The van der Waals surface area contributed by atoms with E-state index in [1.807, 2.05) is 45.9 Å². The second-order valence-corrected chi connectivity index (χ2v) is 6.85. The maximum Gasteiger partial charge on any atom is 0.229 e. The van der Waals surface area contributed by atoms with Crippen molar-refractivity contribution in [3.05, 3.63) is 23.8 Å². The Morgan fingerprint density at radius 3 is 2.33 bits per heavy atom. The third kappa shape index (κ3) is 3.84. The van der Waals surface area contributed by atoms with Gasteiger partial charge in [0.2, 0.25) is 11.8 Å². The Morgan fingerprint density at radius 1 is 1.14 bits per heavy atom. The Balaban J connectivity index is 2.09.